The van der Waals surface area contributed by atoms with E-state index < -0.39 is 0 Å². The molecule has 6 rings (SSSR count). The molecule has 5 nitrogen and oxygen atoms in total. The van der Waals surface area contributed by atoms with E-state index in [0.29, 0.717) is 30.3 Å². The third-order valence-corrected chi connectivity index (χ3v) is 10.3. The van der Waals surface area contributed by atoms with E-state index in [2.05, 4.69) is 6.92 Å². The first-order chi connectivity index (χ1) is 13.6. The molecule has 1 unspecified atom stereocenters. The van der Waals surface area contributed by atoms with E-state index in [1.165, 1.54) is 32.1 Å². The molecule has 0 radical (unpaired) electrons. The maximum atomic E-state index is 10.7. The van der Waals surface area contributed by atoms with Gasteiger partial charge in [0.25, 0.3) is 0 Å². The van der Waals surface area contributed by atoms with Gasteiger partial charge in [-0.1, -0.05) is 6.92 Å². The van der Waals surface area contributed by atoms with Gasteiger partial charge in [-0.15, -0.1) is 0 Å². The summed E-state index contributed by atoms with van der Waals surface area (Å²) >= 11 is 0. The van der Waals surface area contributed by atoms with E-state index >= 15 is 0 Å². The topological polar surface area (TPSA) is 57.2 Å². The number of fused-ring (bicyclic) bond motifs is 6. The molecule has 6 fully saturated rings. The highest BCUT2D eigenvalue weighted by molar-refractivity contribution is 5.14. The van der Waals surface area contributed by atoms with Gasteiger partial charge in [-0.25, -0.2) is 0 Å². The molecule has 2 aliphatic heterocycles. The van der Waals surface area contributed by atoms with Gasteiger partial charge in [0.2, 0.25) is 0 Å². The monoisotopic (exact) mass is 392 g/mol. The van der Waals surface area contributed by atoms with Gasteiger partial charge in [-0.05, 0) is 67.6 Å². The largest absolute Gasteiger partial charge is 0.396 e. The Balaban J connectivity index is 1.30. The van der Waals surface area contributed by atoms with Crippen LogP contribution in [0.1, 0.15) is 64.7 Å². The van der Waals surface area contributed by atoms with E-state index in [1.807, 2.05) is 0 Å². The zero-order valence-electron chi connectivity index (χ0n) is 17.3. The Morgan fingerprint density at radius 2 is 1.50 bits per heavy atom. The maximum absolute atomic E-state index is 10.7. The minimum Gasteiger partial charge on any atom is -0.396 e. The summed E-state index contributed by atoms with van der Waals surface area (Å²) in [6.07, 6.45) is 10.1. The fraction of sp³-hybridized carbons (Fsp3) is 1.00. The Labute approximate surface area is 168 Å². The molecule has 0 amide bonds. The Morgan fingerprint density at radius 1 is 0.786 bits per heavy atom. The molecule has 0 aromatic carbocycles. The van der Waals surface area contributed by atoms with Crippen molar-refractivity contribution in [2.45, 2.75) is 76.3 Å². The molecular formula is C23H36O5. The third kappa shape index (κ3) is 2.21. The fourth-order valence-electron chi connectivity index (χ4n) is 8.95. The fourth-order valence-corrected chi connectivity index (χ4v) is 8.95. The van der Waals surface area contributed by atoms with E-state index in [1.54, 1.807) is 0 Å². The minimum atomic E-state index is -0.345. The number of rotatable bonds is 1. The summed E-state index contributed by atoms with van der Waals surface area (Å²) in [5.41, 5.74) is 0.208. The molecule has 1 N–H and O–H groups in total. The molecular weight excluding hydrogens is 356 g/mol. The molecule has 158 valence electrons. The van der Waals surface area contributed by atoms with Crippen LogP contribution < -0.4 is 0 Å². The Morgan fingerprint density at radius 3 is 2.25 bits per heavy atom. The predicted octanol–water partition coefficient (Wildman–Crippen LogP) is 3.49. The van der Waals surface area contributed by atoms with Crippen LogP contribution in [0.25, 0.3) is 0 Å². The normalized spacial score (nSPS) is 51.2. The van der Waals surface area contributed by atoms with Crippen molar-refractivity contribution >= 4 is 0 Å². The van der Waals surface area contributed by atoms with E-state index in [0.717, 1.165) is 52.1 Å². The number of aliphatic hydroxyl groups excluding tert-OH is 1. The second-order valence-electron chi connectivity index (χ2n) is 10.8. The van der Waals surface area contributed by atoms with Crippen LogP contribution >= 0.6 is 0 Å². The summed E-state index contributed by atoms with van der Waals surface area (Å²) in [7, 11) is 0. The predicted molar refractivity (Wildman–Crippen MR) is 102 cm³/mol. The van der Waals surface area contributed by atoms with Crippen LogP contribution in [0.3, 0.4) is 0 Å². The Kier molecular flexibility index (Phi) is 4.09. The second-order valence-corrected chi connectivity index (χ2v) is 10.8. The molecule has 28 heavy (non-hydrogen) atoms. The molecule has 5 heteroatoms. The van der Waals surface area contributed by atoms with Crippen molar-refractivity contribution < 1.29 is 24.1 Å². The molecule has 4 saturated carbocycles. The van der Waals surface area contributed by atoms with Gasteiger partial charge in [0.15, 0.2) is 11.6 Å². The summed E-state index contributed by atoms with van der Waals surface area (Å²) in [6, 6.07) is 0. The summed E-state index contributed by atoms with van der Waals surface area (Å²) < 4.78 is 24.7. The lowest BCUT2D eigenvalue weighted by Gasteiger charge is -2.62. The quantitative estimate of drug-likeness (QED) is 0.740. The smallest absolute Gasteiger partial charge is 0.174 e. The highest BCUT2D eigenvalue weighted by atomic mass is 16.7. The first-order valence-electron chi connectivity index (χ1n) is 11.7. The summed E-state index contributed by atoms with van der Waals surface area (Å²) in [5.74, 6) is 1.86. The number of ether oxygens (including phenoxy) is 4. The summed E-state index contributed by atoms with van der Waals surface area (Å²) in [4.78, 5) is 0. The van der Waals surface area contributed by atoms with Crippen molar-refractivity contribution in [3.8, 4) is 0 Å². The number of aliphatic hydroxyl groups is 1. The average molecular weight is 393 g/mol. The molecule has 6 atom stereocenters. The van der Waals surface area contributed by atoms with Gasteiger partial charge in [-0.2, -0.15) is 0 Å². The van der Waals surface area contributed by atoms with Crippen LogP contribution in [0.15, 0.2) is 0 Å². The zero-order valence-corrected chi connectivity index (χ0v) is 17.3. The SMILES string of the molecule is C[C@]12CC[C@H]3C(CC[C@@H]4CC5(CC[C@@]43CO)OCCO5)[C@@H]1CCC21OCCO1. The van der Waals surface area contributed by atoms with Crippen molar-refractivity contribution in [1.29, 1.82) is 0 Å². The molecule has 4 aliphatic carbocycles. The van der Waals surface area contributed by atoms with Crippen molar-refractivity contribution in [2.24, 2.45) is 34.5 Å². The molecule has 6 aliphatic rings. The lowest BCUT2D eigenvalue weighted by Crippen LogP contribution is -2.60. The third-order valence-electron chi connectivity index (χ3n) is 10.3. The summed E-state index contributed by atoms with van der Waals surface area (Å²) in [6.45, 7) is 5.74. The molecule has 0 bridgehead atoms. The highest BCUT2D eigenvalue weighted by Gasteiger charge is 2.68. The van der Waals surface area contributed by atoms with Gasteiger partial charge >= 0.3 is 0 Å². The lowest BCUT2D eigenvalue weighted by molar-refractivity contribution is -0.263. The Bertz CT molecular complexity index is 624. The zero-order chi connectivity index (χ0) is 19.0. The van der Waals surface area contributed by atoms with Crippen LogP contribution in [-0.2, 0) is 18.9 Å². The van der Waals surface area contributed by atoms with Gasteiger partial charge in [0, 0.05) is 31.3 Å². The standard InChI is InChI=1S/C23H36O5/c1-20-6-4-19-17(18(20)5-7-23(20)27-12-13-28-23)3-2-16-14-22(25-10-11-26-22)9-8-21(16,19)15-24/h16-19,24H,2-15H2,1H3/t16-,17?,18+,19+,20+,21-/m1/s1. The van der Waals surface area contributed by atoms with Gasteiger partial charge in [0.1, 0.15) is 0 Å². The van der Waals surface area contributed by atoms with Crippen LogP contribution in [0.4, 0.5) is 0 Å². The van der Waals surface area contributed by atoms with Crippen LogP contribution in [0.2, 0.25) is 0 Å². The van der Waals surface area contributed by atoms with Crippen molar-refractivity contribution in [1.82, 2.24) is 0 Å². The van der Waals surface area contributed by atoms with Crippen LogP contribution in [-0.4, -0.2) is 49.7 Å². The number of hydrogen-bond donors (Lipinski definition) is 1. The van der Waals surface area contributed by atoms with Crippen LogP contribution in [0, 0.1) is 34.5 Å². The summed E-state index contributed by atoms with van der Waals surface area (Å²) in [5, 5.41) is 10.7. The average Bonchev–Trinajstić information content (AvgIpc) is 3.43. The van der Waals surface area contributed by atoms with Gasteiger partial charge in [0.05, 0.1) is 26.4 Å². The van der Waals surface area contributed by atoms with Crippen molar-refractivity contribution in [2.75, 3.05) is 33.0 Å². The number of hydrogen-bond acceptors (Lipinski definition) is 5. The van der Waals surface area contributed by atoms with E-state index in [4.69, 9.17) is 18.9 Å². The molecule has 2 saturated heterocycles. The molecule has 2 spiro atoms. The Hall–Kier alpha value is -0.200. The minimum absolute atomic E-state index is 0.0674. The van der Waals surface area contributed by atoms with Crippen molar-refractivity contribution in [3.63, 3.8) is 0 Å². The van der Waals surface area contributed by atoms with Gasteiger partial charge in [-0.3, -0.25) is 0 Å². The second kappa shape index (κ2) is 6.16. The van der Waals surface area contributed by atoms with Crippen LogP contribution in [0.5, 0.6) is 0 Å². The van der Waals surface area contributed by atoms with E-state index in [-0.39, 0.29) is 22.4 Å². The molecule has 2 heterocycles. The lowest BCUT2D eigenvalue weighted by atomic mass is 9.44. The molecule has 0 aromatic heterocycles. The molecule has 0 aromatic rings. The van der Waals surface area contributed by atoms with E-state index in [9.17, 15) is 5.11 Å². The first kappa shape index (κ1) is 18.6. The highest BCUT2D eigenvalue weighted by Crippen LogP contribution is 2.70. The van der Waals surface area contributed by atoms with Gasteiger partial charge < -0.3 is 24.1 Å². The first-order valence-corrected chi connectivity index (χ1v) is 11.7. The van der Waals surface area contributed by atoms with Crippen molar-refractivity contribution in [3.05, 3.63) is 0 Å². The maximum Gasteiger partial charge on any atom is 0.174 e.